The highest BCUT2D eigenvalue weighted by atomic mass is 19.1. The predicted molar refractivity (Wildman–Crippen MR) is 119 cm³/mol. The van der Waals surface area contributed by atoms with Gasteiger partial charge in [-0.3, -0.25) is 4.79 Å². The number of aromatic nitrogens is 1. The predicted octanol–water partition coefficient (Wildman–Crippen LogP) is 4.62. The van der Waals surface area contributed by atoms with Crippen molar-refractivity contribution in [1.82, 2.24) is 9.88 Å². The van der Waals surface area contributed by atoms with Crippen LogP contribution >= 0.6 is 0 Å². The van der Waals surface area contributed by atoms with Crippen molar-refractivity contribution in [1.29, 1.82) is 0 Å². The Labute approximate surface area is 184 Å². The molecule has 32 heavy (non-hydrogen) atoms. The summed E-state index contributed by atoms with van der Waals surface area (Å²) in [6.07, 6.45) is 7.85. The van der Waals surface area contributed by atoms with E-state index >= 15 is 0 Å². The topological polar surface area (TPSA) is 71.4 Å². The average molecular weight is 437 g/mol. The molecule has 0 unspecified atom stereocenters. The lowest BCUT2D eigenvalue weighted by molar-refractivity contribution is 0.0999. The van der Waals surface area contributed by atoms with Crippen LogP contribution in [-0.2, 0) is 6.42 Å². The van der Waals surface area contributed by atoms with Gasteiger partial charge in [-0.2, -0.15) is 0 Å². The number of aromatic amines is 1. The van der Waals surface area contributed by atoms with Crippen LogP contribution in [0, 0.1) is 17.6 Å². The summed E-state index contributed by atoms with van der Waals surface area (Å²) in [7, 11) is 0. The van der Waals surface area contributed by atoms with Crippen molar-refractivity contribution in [2.24, 2.45) is 11.7 Å². The summed E-state index contributed by atoms with van der Waals surface area (Å²) in [5.74, 6) is -0.627. The number of aryl methyl sites for hydroxylation is 1. The number of rotatable bonds is 8. The number of halogens is 2. The summed E-state index contributed by atoms with van der Waals surface area (Å²) in [5.41, 5.74) is 9.10. The van der Waals surface area contributed by atoms with Crippen LogP contribution in [0.4, 0.5) is 8.78 Å². The quantitative estimate of drug-likeness (QED) is 0.540. The fourth-order valence-electron chi connectivity index (χ4n) is 4.40. The van der Waals surface area contributed by atoms with E-state index in [1.165, 1.54) is 31.0 Å². The number of ether oxygens (including phenoxy) is 1. The molecule has 0 radical (unpaired) electrons. The summed E-state index contributed by atoms with van der Waals surface area (Å²) in [5, 5.41) is 0.912. The Hall–Kier alpha value is -3.35. The van der Waals surface area contributed by atoms with E-state index in [4.69, 9.17) is 10.5 Å². The SMILES string of the molecule is NC(=O)c1ccc(F)c2c1C=C(N(CCCc1c[nH]c3ccc(F)cc13)CC1CC1)CO2. The maximum Gasteiger partial charge on any atom is 0.249 e. The minimum atomic E-state index is -0.609. The average Bonchev–Trinajstić information content (AvgIpc) is 3.51. The van der Waals surface area contributed by atoms with E-state index in [0.29, 0.717) is 11.5 Å². The lowest BCUT2D eigenvalue weighted by Gasteiger charge is -2.31. The number of fused-ring (bicyclic) bond motifs is 2. The van der Waals surface area contributed by atoms with Crippen molar-refractivity contribution in [3.05, 3.63) is 70.6 Å². The van der Waals surface area contributed by atoms with E-state index in [1.807, 2.05) is 12.3 Å². The van der Waals surface area contributed by atoms with E-state index in [-0.39, 0.29) is 23.7 Å². The maximum absolute atomic E-state index is 14.2. The molecule has 1 saturated carbocycles. The van der Waals surface area contributed by atoms with Crippen LogP contribution in [0.15, 0.2) is 42.2 Å². The number of carbonyl (C=O) groups is 1. The highest BCUT2D eigenvalue weighted by Gasteiger charge is 2.28. The first kappa shape index (κ1) is 20.5. The van der Waals surface area contributed by atoms with Gasteiger partial charge >= 0.3 is 0 Å². The van der Waals surface area contributed by atoms with Crippen LogP contribution in [0.5, 0.6) is 5.75 Å². The van der Waals surface area contributed by atoms with Gasteiger partial charge in [-0.15, -0.1) is 0 Å². The number of hydrogen-bond donors (Lipinski definition) is 2. The molecular weight excluding hydrogens is 412 g/mol. The summed E-state index contributed by atoms with van der Waals surface area (Å²) < 4.78 is 33.6. The third kappa shape index (κ3) is 4.07. The van der Waals surface area contributed by atoms with Crippen LogP contribution in [-0.4, -0.2) is 35.5 Å². The molecule has 1 aliphatic carbocycles. The highest BCUT2D eigenvalue weighted by Crippen LogP contribution is 2.36. The number of nitrogens with zero attached hydrogens (tertiary/aromatic N) is 1. The molecule has 0 saturated heterocycles. The van der Waals surface area contributed by atoms with Crippen molar-refractivity contribution in [3.63, 3.8) is 0 Å². The molecule has 0 spiro atoms. The smallest absolute Gasteiger partial charge is 0.249 e. The van der Waals surface area contributed by atoms with E-state index < -0.39 is 11.7 Å². The molecule has 2 aromatic carbocycles. The molecule has 3 N–H and O–H groups in total. The fraction of sp³-hybridized carbons (Fsp3) is 0.320. The molecule has 2 aliphatic rings. The minimum Gasteiger partial charge on any atom is -0.484 e. The molecule has 7 heteroatoms. The molecule has 1 fully saturated rings. The second-order valence-corrected chi connectivity index (χ2v) is 8.62. The van der Waals surface area contributed by atoms with Gasteiger partial charge in [-0.05, 0) is 73.6 Å². The van der Waals surface area contributed by atoms with Gasteiger partial charge in [-0.25, -0.2) is 8.78 Å². The summed E-state index contributed by atoms with van der Waals surface area (Å²) in [4.78, 5) is 17.3. The number of benzene rings is 2. The van der Waals surface area contributed by atoms with Gasteiger partial charge in [0, 0.05) is 35.8 Å². The van der Waals surface area contributed by atoms with Gasteiger partial charge in [-0.1, -0.05) is 0 Å². The van der Waals surface area contributed by atoms with Crippen molar-refractivity contribution in [3.8, 4) is 5.75 Å². The minimum absolute atomic E-state index is 0.0808. The van der Waals surface area contributed by atoms with E-state index in [2.05, 4.69) is 9.88 Å². The zero-order valence-electron chi connectivity index (χ0n) is 17.7. The molecule has 0 bridgehead atoms. The Bertz CT molecular complexity index is 1210. The molecule has 3 aromatic rings. The molecule has 1 aromatic heterocycles. The second-order valence-electron chi connectivity index (χ2n) is 8.62. The molecule has 0 atom stereocenters. The maximum atomic E-state index is 14.2. The number of H-pyrrole nitrogens is 1. The van der Waals surface area contributed by atoms with Gasteiger partial charge in [0.05, 0.1) is 11.3 Å². The number of nitrogens with one attached hydrogen (secondary N) is 1. The van der Waals surface area contributed by atoms with Gasteiger partial charge in [0.25, 0.3) is 0 Å². The molecule has 5 nitrogen and oxygen atoms in total. The third-order valence-electron chi connectivity index (χ3n) is 6.27. The zero-order valence-corrected chi connectivity index (χ0v) is 17.7. The number of hydrogen-bond acceptors (Lipinski definition) is 3. The monoisotopic (exact) mass is 437 g/mol. The zero-order chi connectivity index (χ0) is 22.2. The van der Waals surface area contributed by atoms with Crippen LogP contribution < -0.4 is 10.5 Å². The van der Waals surface area contributed by atoms with Crippen molar-refractivity contribution < 1.29 is 18.3 Å². The lowest BCUT2D eigenvalue weighted by atomic mass is 10.0. The van der Waals surface area contributed by atoms with E-state index in [1.54, 1.807) is 12.1 Å². The van der Waals surface area contributed by atoms with Crippen molar-refractivity contribution in [2.75, 3.05) is 19.7 Å². The third-order valence-corrected chi connectivity index (χ3v) is 6.27. The largest absolute Gasteiger partial charge is 0.484 e. The standard InChI is InChI=1S/C25H25F2N3O2/c26-17-5-8-23-20(10-17)16(12-29-23)2-1-9-30(13-15-3-4-15)18-11-21-19(25(28)31)6-7-22(27)24(21)32-14-18/h5-8,10-12,15,29H,1-4,9,13-14H2,(H2,28,31). The Morgan fingerprint density at radius 3 is 2.84 bits per heavy atom. The number of carbonyl (C=O) groups excluding carboxylic acids is 1. The normalized spacial score (nSPS) is 15.2. The van der Waals surface area contributed by atoms with Crippen LogP contribution in [0.2, 0.25) is 0 Å². The van der Waals surface area contributed by atoms with Crippen LogP contribution in [0.25, 0.3) is 17.0 Å². The molecule has 166 valence electrons. The first-order valence-corrected chi connectivity index (χ1v) is 11.0. The Morgan fingerprint density at radius 2 is 2.06 bits per heavy atom. The van der Waals surface area contributed by atoms with Gasteiger partial charge in [0.15, 0.2) is 11.6 Å². The summed E-state index contributed by atoms with van der Waals surface area (Å²) in [6, 6.07) is 7.39. The van der Waals surface area contributed by atoms with Crippen LogP contribution in [0.1, 0.15) is 40.7 Å². The Balaban J connectivity index is 1.36. The number of amides is 1. The number of primary amides is 1. The highest BCUT2D eigenvalue weighted by molar-refractivity contribution is 5.98. The molecule has 1 aliphatic heterocycles. The first-order valence-electron chi connectivity index (χ1n) is 11.0. The molecule has 1 amide bonds. The fourth-order valence-corrected chi connectivity index (χ4v) is 4.40. The van der Waals surface area contributed by atoms with E-state index in [0.717, 1.165) is 48.1 Å². The van der Waals surface area contributed by atoms with Gasteiger partial charge in [0.1, 0.15) is 12.4 Å². The lowest BCUT2D eigenvalue weighted by Crippen LogP contribution is -2.31. The van der Waals surface area contributed by atoms with E-state index in [9.17, 15) is 13.6 Å². The first-order chi connectivity index (χ1) is 15.5. The molecule has 2 heterocycles. The van der Waals surface area contributed by atoms with Crippen LogP contribution in [0.3, 0.4) is 0 Å². The van der Waals surface area contributed by atoms with Gasteiger partial charge < -0.3 is 20.4 Å². The summed E-state index contributed by atoms with van der Waals surface area (Å²) in [6.45, 7) is 1.93. The number of nitrogens with two attached hydrogens (primary N) is 1. The van der Waals surface area contributed by atoms with Crippen molar-refractivity contribution in [2.45, 2.75) is 25.7 Å². The summed E-state index contributed by atoms with van der Waals surface area (Å²) >= 11 is 0. The molecule has 5 rings (SSSR count). The second kappa shape index (κ2) is 8.30. The Morgan fingerprint density at radius 1 is 1.22 bits per heavy atom. The molecular formula is C25H25F2N3O2. The van der Waals surface area contributed by atoms with Gasteiger partial charge in [0.2, 0.25) is 5.91 Å². The van der Waals surface area contributed by atoms with Crippen molar-refractivity contribution >= 4 is 22.9 Å². The Kier molecular flexibility index (Phi) is 5.33.